The third kappa shape index (κ3) is 4.31. The second kappa shape index (κ2) is 6.88. The molecule has 0 spiro atoms. The number of aromatic nitrogens is 1. The first-order valence-electron chi connectivity index (χ1n) is 7.08. The summed E-state index contributed by atoms with van der Waals surface area (Å²) in [6, 6.07) is 11.0. The van der Waals surface area contributed by atoms with Crippen molar-refractivity contribution < 1.29 is 4.79 Å². The van der Waals surface area contributed by atoms with Crippen LogP contribution < -0.4 is 10.9 Å². The Labute approximate surface area is 124 Å². The van der Waals surface area contributed by atoms with Crippen molar-refractivity contribution in [2.24, 2.45) is 0 Å². The van der Waals surface area contributed by atoms with E-state index in [1.807, 2.05) is 44.2 Å². The summed E-state index contributed by atoms with van der Waals surface area (Å²) in [7, 11) is 0. The molecule has 0 aliphatic rings. The monoisotopic (exact) mass is 284 g/mol. The molecule has 110 valence electrons. The second-order valence-electron chi connectivity index (χ2n) is 5.21. The van der Waals surface area contributed by atoms with Gasteiger partial charge in [-0.25, -0.2) is 0 Å². The second-order valence-corrected chi connectivity index (χ2v) is 5.21. The average Bonchev–Trinajstić information content (AvgIpc) is 2.46. The molecule has 0 atom stereocenters. The Morgan fingerprint density at radius 1 is 1.10 bits per heavy atom. The fourth-order valence-corrected chi connectivity index (χ4v) is 2.05. The van der Waals surface area contributed by atoms with Crippen molar-refractivity contribution in [3.05, 3.63) is 69.6 Å². The van der Waals surface area contributed by atoms with Gasteiger partial charge in [0.25, 0.3) is 11.5 Å². The van der Waals surface area contributed by atoms with Crippen LogP contribution in [0.25, 0.3) is 0 Å². The molecule has 21 heavy (non-hydrogen) atoms. The molecule has 0 aliphatic carbocycles. The molecule has 2 aromatic rings. The minimum atomic E-state index is -0.0775. The summed E-state index contributed by atoms with van der Waals surface area (Å²) in [6.45, 7) is 5.04. The molecular weight excluding hydrogens is 264 g/mol. The number of pyridine rings is 1. The maximum absolute atomic E-state index is 11.9. The van der Waals surface area contributed by atoms with Crippen LogP contribution in [-0.4, -0.2) is 17.0 Å². The number of hydrogen-bond acceptors (Lipinski definition) is 2. The maximum Gasteiger partial charge on any atom is 0.251 e. The molecule has 0 saturated carbocycles. The molecule has 1 amide bonds. The Kier molecular flexibility index (Phi) is 4.93. The number of nitrogens with one attached hydrogen (secondary N) is 1. The van der Waals surface area contributed by atoms with E-state index < -0.39 is 0 Å². The van der Waals surface area contributed by atoms with E-state index in [4.69, 9.17) is 0 Å². The lowest BCUT2D eigenvalue weighted by atomic mass is 10.1. The van der Waals surface area contributed by atoms with E-state index in [0.29, 0.717) is 18.7 Å². The van der Waals surface area contributed by atoms with E-state index in [1.54, 1.807) is 16.8 Å². The molecule has 0 saturated heterocycles. The molecule has 0 aliphatic heterocycles. The van der Waals surface area contributed by atoms with Crippen molar-refractivity contribution in [2.75, 3.05) is 6.54 Å². The van der Waals surface area contributed by atoms with Crippen molar-refractivity contribution in [3.8, 4) is 0 Å². The Morgan fingerprint density at radius 2 is 1.81 bits per heavy atom. The molecule has 0 radical (unpaired) electrons. The molecule has 0 bridgehead atoms. The Balaban J connectivity index is 1.80. The third-order valence-corrected chi connectivity index (χ3v) is 3.33. The molecule has 4 nitrogen and oxygen atoms in total. The van der Waals surface area contributed by atoms with Crippen molar-refractivity contribution in [3.63, 3.8) is 0 Å². The van der Waals surface area contributed by atoms with Crippen LogP contribution >= 0.6 is 0 Å². The Hall–Kier alpha value is -2.36. The number of hydrogen-bond donors (Lipinski definition) is 1. The smallest absolute Gasteiger partial charge is 0.251 e. The zero-order valence-electron chi connectivity index (χ0n) is 12.4. The summed E-state index contributed by atoms with van der Waals surface area (Å²) < 4.78 is 1.66. The standard InChI is InChI=1S/C17H20N2O2/c1-13-4-6-15(7-5-13)17(21)18-9-3-10-19-11-8-14(2)12-16(19)20/h4-8,11-12H,3,9-10H2,1-2H3,(H,18,21). The van der Waals surface area contributed by atoms with Gasteiger partial charge < -0.3 is 9.88 Å². The predicted molar refractivity (Wildman–Crippen MR) is 83.6 cm³/mol. The number of carbonyl (C=O) groups excluding carboxylic acids is 1. The average molecular weight is 284 g/mol. The summed E-state index contributed by atoms with van der Waals surface area (Å²) in [5.41, 5.74) is 2.75. The van der Waals surface area contributed by atoms with E-state index in [2.05, 4.69) is 5.32 Å². The van der Waals surface area contributed by atoms with E-state index in [9.17, 15) is 9.59 Å². The minimum Gasteiger partial charge on any atom is -0.352 e. The largest absolute Gasteiger partial charge is 0.352 e. The lowest BCUT2D eigenvalue weighted by molar-refractivity contribution is 0.0952. The van der Waals surface area contributed by atoms with Crippen molar-refractivity contribution in [1.29, 1.82) is 0 Å². The van der Waals surface area contributed by atoms with Gasteiger partial charge in [-0.05, 0) is 44.0 Å². The normalized spacial score (nSPS) is 10.4. The molecule has 0 unspecified atom stereocenters. The molecule has 4 heteroatoms. The third-order valence-electron chi connectivity index (χ3n) is 3.33. The van der Waals surface area contributed by atoms with Crippen molar-refractivity contribution >= 4 is 5.91 Å². The zero-order chi connectivity index (χ0) is 15.2. The fourth-order valence-electron chi connectivity index (χ4n) is 2.05. The highest BCUT2D eigenvalue weighted by Crippen LogP contribution is 2.02. The summed E-state index contributed by atoms with van der Waals surface area (Å²) in [5, 5.41) is 2.87. The van der Waals surface area contributed by atoms with E-state index in [-0.39, 0.29) is 11.5 Å². The van der Waals surface area contributed by atoms with Gasteiger partial charge in [-0.15, -0.1) is 0 Å². The van der Waals surface area contributed by atoms with Crippen LogP contribution in [0.4, 0.5) is 0 Å². The highest BCUT2D eigenvalue weighted by atomic mass is 16.1. The first-order valence-corrected chi connectivity index (χ1v) is 7.08. The lowest BCUT2D eigenvalue weighted by Crippen LogP contribution is -2.26. The van der Waals surface area contributed by atoms with Gasteiger partial charge in [0.2, 0.25) is 0 Å². The number of nitrogens with zero attached hydrogens (tertiary/aromatic N) is 1. The number of benzene rings is 1. The van der Waals surface area contributed by atoms with Crippen LogP contribution in [0.5, 0.6) is 0 Å². The summed E-state index contributed by atoms with van der Waals surface area (Å²) in [6.07, 6.45) is 2.51. The molecule has 0 fully saturated rings. The van der Waals surface area contributed by atoms with Crippen molar-refractivity contribution in [1.82, 2.24) is 9.88 Å². The first-order chi connectivity index (χ1) is 10.1. The highest BCUT2D eigenvalue weighted by molar-refractivity contribution is 5.94. The zero-order valence-corrected chi connectivity index (χ0v) is 12.4. The summed E-state index contributed by atoms with van der Waals surface area (Å²) >= 11 is 0. The van der Waals surface area contributed by atoms with Gasteiger partial charge in [0.05, 0.1) is 0 Å². The molecule has 1 aromatic heterocycles. The van der Waals surface area contributed by atoms with E-state index in [0.717, 1.165) is 17.5 Å². The van der Waals surface area contributed by atoms with E-state index in [1.165, 1.54) is 0 Å². The van der Waals surface area contributed by atoms with Gasteiger partial charge in [-0.1, -0.05) is 17.7 Å². The summed E-state index contributed by atoms with van der Waals surface area (Å²) in [4.78, 5) is 23.6. The predicted octanol–water partition coefficient (Wildman–Crippen LogP) is 2.29. The number of carbonyl (C=O) groups is 1. The van der Waals surface area contributed by atoms with Gasteiger partial charge >= 0.3 is 0 Å². The maximum atomic E-state index is 11.9. The number of rotatable bonds is 5. The van der Waals surface area contributed by atoms with Gasteiger partial charge in [0.15, 0.2) is 0 Å². The molecule has 1 N–H and O–H groups in total. The molecular formula is C17H20N2O2. The van der Waals surface area contributed by atoms with Gasteiger partial charge in [0, 0.05) is 30.9 Å². The molecule has 1 heterocycles. The first kappa shape index (κ1) is 15.0. The number of aryl methyl sites for hydroxylation is 3. The quantitative estimate of drug-likeness (QED) is 0.856. The molecule has 2 rings (SSSR count). The topological polar surface area (TPSA) is 51.1 Å². The SMILES string of the molecule is Cc1ccc(C(=O)NCCCn2ccc(C)cc2=O)cc1. The molecule has 1 aromatic carbocycles. The van der Waals surface area contributed by atoms with Gasteiger partial charge in [0.1, 0.15) is 0 Å². The fraction of sp³-hybridized carbons (Fsp3) is 0.294. The van der Waals surface area contributed by atoms with Crippen LogP contribution in [0.2, 0.25) is 0 Å². The van der Waals surface area contributed by atoms with Crippen LogP contribution in [0.1, 0.15) is 27.9 Å². The van der Waals surface area contributed by atoms with Gasteiger partial charge in [-0.3, -0.25) is 9.59 Å². The number of amides is 1. The highest BCUT2D eigenvalue weighted by Gasteiger charge is 2.04. The van der Waals surface area contributed by atoms with Crippen LogP contribution in [-0.2, 0) is 6.54 Å². The van der Waals surface area contributed by atoms with Gasteiger partial charge in [-0.2, -0.15) is 0 Å². The lowest BCUT2D eigenvalue weighted by Gasteiger charge is -2.07. The Morgan fingerprint density at radius 3 is 2.48 bits per heavy atom. The Bertz CT molecular complexity index is 672. The van der Waals surface area contributed by atoms with Crippen LogP contribution in [0.3, 0.4) is 0 Å². The summed E-state index contributed by atoms with van der Waals surface area (Å²) in [5.74, 6) is -0.0775. The van der Waals surface area contributed by atoms with Crippen molar-refractivity contribution in [2.45, 2.75) is 26.8 Å². The van der Waals surface area contributed by atoms with E-state index >= 15 is 0 Å². The van der Waals surface area contributed by atoms with Crippen LogP contribution in [0.15, 0.2) is 47.4 Å². The minimum absolute atomic E-state index is 0.000129. The van der Waals surface area contributed by atoms with Crippen LogP contribution in [0, 0.1) is 13.8 Å².